The summed E-state index contributed by atoms with van der Waals surface area (Å²) in [5.41, 5.74) is 10.7. The van der Waals surface area contributed by atoms with Crippen LogP contribution in [0.2, 0.25) is 5.02 Å². The van der Waals surface area contributed by atoms with E-state index in [1.54, 1.807) is 0 Å². The Hall–Kier alpha value is -1.75. The predicted molar refractivity (Wildman–Crippen MR) is 52.9 cm³/mol. The summed E-state index contributed by atoms with van der Waals surface area (Å²) in [5, 5.41) is 2.22. The Labute approximate surface area is 85.0 Å². The number of anilines is 1. The fraction of sp³-hybridized carbons (Fsp3) is 0. The molecule has 1 rings (SSSR count). The predicted octanol–water partition coefficient (Wildman–Crippen LogP) is 0.731. The summed E-state index contributed by atoms with van der Waals surface area (Å²) in [4.78, 5) is 21.6. The van der Waals surface area contributed by atoms with Gasteiger partial charge in [-0.05, 0) is 18.2 Å². The third kappa shape index (κ3) is 2.63. The van der Waals surface area contributed by atoms with Gasteiger partial charge < -0.3 is 11.5 Å². The molecule has 0 spiro atoms. The summed E-state index contributed by atoms with van der Waals surface area (Å²) in [5.74, 6) is -0.633. The number of nitrogen functional groups attached to an aromatic ring is 1. The molecule has 0 saturated carbocycles. The van der Waals surface area contributed by atoms with Gasteiger partial charge in [0.15, 0.2) is 0 Å². The highest BCUT2D eigenvalue weighted by Crippen LogP contribution is 2.16. The third-order valence-electron chi connectivity index (χ3n) is 1.42. The minimum atomic E-state index is -0.923. The van der Waals surface area contributed by atoms with Gasteiger partial charge >= 0.3 is 6.03 Å². The number of benzene rings is 1. The van der Waals surface area contributed by atoms with Gasteiger partial charge in [0.05, 0.1) is 0 Å². The molecular formula is C8H8ClN3O2. The van der Waals surface area contributed by atoms with Gasteiger partial charge in [-0.2, -0.15) is 0 Å². The fourth-order valence-electron chi connectivity index (χ4n) is 0.927. The zero-order valence-corrected chi connectivity index (χ0v) is 7.84. The summed E-state index contributed by atoms with van der Waals surface area (Å²) in [6, 6.07) is 3.34. The minimum absolute atomic E-state index is 0.189. The Morgan fingerprint density at radius 1 is 1.29 bits per heavy atom. The topological polar surface area (TPSA) is 98.2 Å². The molecule has 0 aliphatic heterocycles. The lowest BCUT2D eigenvalue weighted by atomic mass is 10.2. The lowest BCUT2D eigenvalue weighted by Crippen LogP contribution is -2.34. The van der Waals surface area contributed by atoms with Crippen LogP contribution in [0.5, 0.6) is 0 Å². The molecule has 1 aromatic carbocycles. The largest absolute Gasteiger partial charge is 0.399 e. The van der Waals surface area contributed by atoms with Gasteiger partial charge in [-0.1, -0.05) is 11.6 Å². The minimum Gasteiger partial charge on any atom is -0.399 e. The number of nitrogens with one attached hydrogen (secondary N) is 1. The van der Waals surface area contributed by atoms with Crippen molar-refractivity contribution >= 4 is 29.2 Å². The first kappa shape index (κ1) is 10.3. The summed E-state index contributed by atoms with van der Waals surface area (Å²) in [7, 11) is 0. The van der Waals surface area contributed by atoms with Crippen LogP contribution in [0.15, 0.2) is 18.2 Å². The van der Waals surface area contributed by atoms with Crippen LogP contribution in [-0.4, -0.2) is 11.9 Å². The number of halogens is 1. The SMILES string of the molecule is NC(=O)NC(=O)c1cc(N)cc(Cl)c1. The molecule has 74 valence electrons. The Morgan fingerprint density at radius 2 is 1.93 bits per heavy atom. The van der Waals surface area contributed by atoms with Crippen molar-refractivity contribution in [1.29, 1.82) is 0 Å². The molecule has 5 N–H and O–H groups in total. The van der Waals surface area contributed by atoms with Crippen LogP contribution in [0.25, 0.3) is 0 Å². The molecule has 6 heteroatoms. The Morgan fingerprint density at radius 3 is 2.43 bits per heavy atom. The quantitative estimate of drug-likeness (QED) is 0.600. The number of primary amides is 1. The molecule has 0 saturated heterocycles. The summed E-state index contributed by atoms with van der Waals surface area (Å²) >= 11 is 5.65. The van der Waals surface area contributed by atoms with Crippen LogP contribution in [-0.2, 0) is 0 Å². The van der Waals surface area contributed by atoms with Crippen molar-refractivity contribution in [3.8, 4) is 0 Å². The normalized spacial score (nSPS) is 9.50. The van der Waals surface area contributed by atoms with Gasteiger partial charge in [0.25, 0.3) is 5.91 Å². The maximum absolute atomic E-state index is 11.2. The van der Waals surface area contributed by atoms with E-state index in [9.17, 15) is 9.59 Å². The molecular weight excluding hydrogens is 206 g/mol. The molecule has 0 unspecified atom stereocenters. The number of hydrogen-bond acceptors (Lipinski definition) is 3. The number of imide groups is 1. The molecule has 0 aliphatic carbocycles. The molecule has 0 radical (unpaired) electrons. The molecule has 14 heavy (non-hydrogen) atoms. The van der Waals surface area contributed by atoms with E-state index in [0.717, 1.165) is 0 Å². The summed E-state index contributed by atoms with van der Waals surface area (Å²) < 4.78 is 0. The highest BCUT2D eigenvalue weighted by molar-refractivity contribution is 6.31. The molecule has 0 atom stereocenters. The van der Waals surface area contributed by atoms with Crippen LogP contribution in [0.3, 0.4) is 0 Å². The lowest BCUT2D eigenvalue weighted by molar-refractivity contribution is 0.0966. The van der Waals surface area contributed by atoms with Crippen molar-refractivity contribution in [3.63, 3.8) is 0 Å². The first-order valence-electron chi connectivity index (χ1n) is 3.66. The molecule has 0 aromatic heterocycles. The maximum Gasteiger partial charge on any atom is 0.319 e. The number of carbonyl (C=O) groups excluding carboxylic acids is 2. The standard InChI is InChI=1S/C8H8ClN3O2/c9-5-1-4(2-6(10)3-5)7(13)12-8(11)14/h1-3H,10H2,(H3,11,12,13,14). The Balaban J connectivity index is 2.95. The second-order valence-corrected chi connectivity index (χ2v) is 3.03. The van der Waals surface area contributed by atoms with E-state index in [4.69, 9.17) is 23.1 Å². The van der Waals surface area contributed by atoms with E-state index in [1.165, 1.54) is 18.2 Å². The number of rotatable bonds is 1. The number of carbonyl (C=O) groups is 2. The van der Waals surface area contributed by atoms with Crippen LogP contribution in [0, 0.1) is 0 Å². The third-order valence-corrected chi connectivity index (χ3v) is 1.64. The number of nitrogens with two attached hydrogens (primary N) is 2. The Bertz CT molecular complexity index is 372. The van der Waals surface area contributed by atoms with Crippen LogP contribution in [0.4, 0.5) is 10.5 Å². The average Bonchev–Trinajstić information content (AvgIpc) is 2.00. The van der Waals surface area contributed by atoms with E-state index in [1.807, 2.05) is 5.32 Å². The number of hydrogen-bond donors (Lipinski definition) is 3. The van der Waals surface area contributed by atoms with Gasteiger partial charge in [0, 0.05) is 16.3 Å². The fourth-order valence-corrected chi connectivity index (χ4v) is 1.17. The van der Waals surface area contributed by atoms with Gasteiger partial charge in [-0.15, -0.1) is 0 Å². The van der Waals surface area contributed by atoms with Crippen molar-refractivity contribution in [2.75, 3.05) is 5.73 Å². The monoisotopic (exact) mass is 213 g/mol. The van der Waals surface area contributed by atoms with Crippen molar-refractivity contribution < 1.29 is 9.59 Å². The lowest BCUT2D eigenvalue weighted by Gasteiger charge is -2.02. The van der Waals surface area contributed by atoms with E-state index in [0.29, 0.717) is 10.7 Å². The molecule has 0 bridgehead atoms. The van der Waals surface area contributed by atoms with E-state index in [2.05, 4.69) is 0 Å². The zero-order valence-electron chi connectivity index (χ0n) is 7.08. The van der Waals surface area contributed by atoms with E-state index >= 15 is 0 Å². The summed E-state index contributed by atoms with van der Waals surface area (Å²) in [6.07, 6.45) is 0. The Kier molecular flexibility index (Phi) is 2.93. The van der Waals surface area contributed by atoms with Gasteiger partial charge in [-0.25, -0.2) is 4.79 Å². The smallest absolute Gasteiger partial charge is 0.319 e. The molecule has 5 nitrogen and oxygen atoms in total. The highest BCUT2D eigenvalue weighted by Gasteiger charge is 2.08. The van der Waals surface area contributed by atoms with Gasteiger partial charge in [-0.3, -0.25) is 10.1 Å². The molecule has 0 fully saturated rings. The molecule has 1 aromatic rings. The number of urea groups is 1. The van der Waals surface area contributed by atoms with E-state index < -0.39 is 11.9 Å². The zero-order chi connectivity index (χ0) is 10.7. The first-order valence-corrected chi connectivity index (χ1v) is 4.03. The first-order chi connectivity index (χ1) is 6.49. The van der Waals surface area contributed by atoms with Crippen molar-refractivity contribution in [2.24, 2.45) is 5.73 Å². The van der Waals surface area contributed by atoms with Gasteiger partial charge in [0.1, 0.15) is 0 Å². The van der Waals surface area contributed by atoms with Crippen LogP contribution >= 0.6 is 11.6 Å². The number of amides is 3. The second kappa shape index (κ2) is 3.97. The van der Waals surface area contributed by atoms with Gasteiger partial charge in [0.2, 0.25) is 0 Å². The maximum atomic E-state index is 11.2. The molecule has 0 aliphatic rings. The highest BCUT2D eigenvalue weighted by atomic mass is 35.5. The van der Waals surface area contributed by atoms with Crippen LogP contribution in [0.1, 0.15) is 10.4 Å². The second-order valence-electron chi connectivity index (χ2n) is 2.59. The molecule has 3 amide bonds. The van der Waals surface area contributed by atoms with Crippen molar-refractivity contribution in [1.82, 2.24) is 5.32 Å². The van der Waals surface area contributed by atoms with Crippen molar-refractivity contribution in [2.45, 2.75) is 0 Å². The van der Waals surface area contributed by atoms with E-state index in [-0.39, 0.29) is 5.56 Å². The molecule has 0 heterocycles. The van der Waals surface area contributed by atoms with Crippen LogP contribution < -0.4 is 16.8 Å². The summed E-state index contributed by atoms with van der Waals surface area (Å²) in [6.45, 7) is 0. The van der Waals surface area contributed by atoms with Crippen molar-refractivity contribution in [3.05, 3.63) is 28.8 Å². The average molecular weight is 214 g/mol.